The van der Waals surface area contributed by atoms with Crippen molar-refractivity contribution in [2.45, 2.75) is 19.9 Å². The summed E-state index contributed by atoms with van der Waals surface area (Å²) in [5.41, 5.74) is 3.53. The van der Waals surface area contributed by atoms with Gasteiger partial charge in [0.05, 0.1) is 12.8 Å². The zero-order valence-corrected chi connectivity index (χ0v) is 9.60. The van der Waals surface area contributed by atoms with E-state index in [4.69, 9.17) is 10.3 Å². The number of aromatic nitrogens is 2. The lowest BCUT2D eigenvalue weighted by molar-refractivity contribution is 0.517. The van der Waals surface area contributed by atoms with Crippen LogP contribution in [0.2, 0.25) is 0 Å². The minimum atomic E-state index is 0.584. The molecular weight excluding hydrogens is 218 g/mol. The number of furan rings is 1. The van der Waals surface area contributed by atoms with Crippen LogP contribution < -0.4 is 16.6 Å². The average molecular weight is 233 g/mol. The molecule has 0 radical (unpaired) electrons. The minimum absolute atomic E-state index is 0.584. The molecular formula is C11H15N5O. The molecule has 2 aromatic heterocycles. The maximum absolute atomic E-state index is 5.40. The van der Waals surface area contributed by atoms with Crippen molar-refractivity contribution in [3.63, 3.8) is 0 Å². The van der Waals surface area contributed by atoms with Gasteiger partial charge in [0.2, 0.25) is 0 Å². The Labute approximate surface area is 99.2 Å². The lowest BCUT2D eigenvalue weighted by atomic mass is 10.2. The molecule has 6 nitrogen and oxygen atoms in total. The van der Waals surface area contributed by atoms with Crippen molar-refractivity contribution in [1.29, 1.82) is 0 Å². The molecule has 0 aromatic carbocycles. The Bertz CT molecular complexity index is 469. The Morgan fingerprint density at radius 1 is 1.35 bits per heavy atom. The molecule has 0 saturated carbocycles. The third-order valence-corrected chi connectivity index (χ3v) is 2.45. The molecule has 0 aliphatic carbocycles. The Balaban J connectivity index is 2.14. The number of nitrogens with one attached hydrogen (secondary N) is 2. The number of nitrogens with zero attached hydrogens (tertiary/aromatic N) is 2. The van der Waals surface area contributed by atoms with Crippen molar-refractivity contribution in [1.82, 2.24) is 9.97 Å². The van der Waals surface area contributed by atoms with Gasteiger partial charge in [0.1, 0.15) is 23.7 Å². The lowest BCUT2D eigenvalue weighted by Gasteiger charge is -2.11. The van der Waals surface area contributed by atoms with Crippen LogP contribution in [0.15, 0.2) is 29.1 Å². The summed E-state index contributed by atoms with van der Waals surface area (Å²) in [5.74, 6) is 7.67. The van der Waals surface area contributed by atoms with E-state index in [1.807, 2.05) is 19.1 Å². The normalized spacial score (nSPS) is 10.2. The van der Waals surface area contributed by atoms with Crippen LogP contribution in [0, 0.1) is 0 Å². The molecule has 4 N–H and O–H groups in total. The summed E-state index contributed by atoms with van der Waals surface area (Å²) in [6.45, 7) is 2.61. The highest BCUT2D eigenvalue weighted by Gasteiger charge is 2.08. The van der Waals surface area contributed by atoms with Crippen molar-refractivity contribution in [2.24, 2.45) is 5.84 Å². The molecule has 2 aromatic rings. The number of nitrogen functional groups attached to an aromatic ring is 1. The highest BCUT2D eigenvalue weighted by molar-refractivity contribution is 5.56. The molecule has 90 valence electrons. The van der Waals surface area contributed by atoms with Gasteiger partial charge >= 0.3 is 0 Å². The predicted molar refractivity (Wildman–Crippen MR) is 65.3 cm³/mol. The Hall–Kier alpha value is -2.08. The zero-order chi connectivity index (χ0) is 12.1. The van der Waals surface area contributed by atoms with E-state index in [0.717, 1.165) is 23.6 Å². The quantitative estimate of drug-likeness (QED) is 0.536. The van der Waals surface area contributed by atoms with Gasteiger partial charge in [-0.1, -0.05) is 6.92 Å². The summed E-state index contributed by atoms with van der Waals surface area (Å²) in [5, 5.41) is 3.20. The molecule has 0 amide bonds. The van der Waals surface area contributed by atoms with E-state index in [0.29, 0.717) is 12.4 Å². The van der Waals surface area contributed by atoms with Crippen molar-refractivity contribution < 1.29 is 4.42 Å². The molecule has 0 bridgehead atoms. The summed E-state index contributed by atoms with van der Waals surface area (Å²) in [6.07, 6.45) is 3.91. The molecule has 0 aliphatic heterocycles. The van der Waals surface area contributed by atoms with E-state index in [9.17, 15) is 0 Å². The molecule has 0 unspecified atom stereocenters. The standard InChI is InChI=1S/C11H15N5O/c1-2-9-10(14-7-15-11(9)16-12)13-6-8-4-3-5-17-8/h3-5,7H,2,6,12H2,1H3,(H2,13,14,15,16). The number of nitrogens with two attached hydrogens (primary N) is 1. The molecule has 0 saturated heterocycles. The van der Waals surface area contributed by atoms with Crippen molar-refractivity contribution in [2.75, 3.05) is 10.7 Å². The number of hydrazine groups is 1. The van der Waals surface area contributed by atoms with Crippen LogP contribution in [0.25, 0.3) is 0 Å². The molecule has 17 heavy (non-hydrogen) atoms. The first-order chi connectivity index (χ1) is 8.35. The van der Waals surface area contributed by atoms with E-state index in [2.05, 4.69) is 20.7 Å². The third kappa shape index (κ3) is 2.54. The Kier molecular flexibility index (Phi) is 3.56. The molecule has 0 fully saturated rings. The van der Waals surface area contributed by atoms with Crippen LogP contribution in [0.5, 0.6) is 0 Å². The summed E-state index contributed by atoms with van der Waals surface area (Å²) in [6, 6.07) is 3.76. The van der Waals surface area contributed by atoms with Crippen LogP contribution in [0.4, 0.5) is 11.6 Å². The number of anilines is 2. The number of rotatable bonds is 5. The highest BCUT2D eigenvalue weighted by Crippen LogP contribution is 2.20. The van der Waals surface area contributed by atoms with Gasteiger partial charge in [-0.05, 0) is 18.6 Å². The van der Waals surface area contributed by atoms with Crippen LogP contribution >= 0.6 is 0 Å². The molecule has 2 heterocycles. The first-order valence-electron chi connectivity index (χ1n) is 5.42. The van der Waals surface area contributed by atoms with Gasteiger partial charge in [0, 0.05) is 5.56 Å². The largest absolute Gasteiger partial charge is 0.467 e. The second-order valence-corrected chi connectivity index (χ2v) is 3.48. The fraction of sp³-hybridized carbons (Fsp3) is 0.273. The second-order valence-electron chi connectivity index (χ2n) is 3.48. The number of hydrogen-bond acceptors (Lipinski definition) is 6. The van der Waals surface area contributed by atoms with Gasteiger partial charge in [-0.15, -0.1) is 0 Å². The van der Waals surface area contributed by atoms with Gasteiger partial charge in [0.15, 0.2) is 0 Å². The van der Waals surface area contributed by atoms with Gasteiger partial charge in [-0.3, -0.25) is 0 Å². The average Bonchev–Trinajstić information content (AvgIpc) is 2.88. The van der Waals surface area contributed by atoms with Crippen molar-refractivity contribution in [3.8, 4) is 0 Å². The maximum atomic E-state index is 5.40. The minimum Gasteiger partial charge on any atom is -0.467 e. The Morgan fingerprint density at radius 2 is 2.18 bits per heavy atom. The van der Waals surface area contributed by atoms with E-state index in [1.54, 1.807) is 6.26 Å². The first-order valence-corrected chi connectivity index (χ1v) is 5.42. The van der Waals surface area contributed by atoms with Gasteiger partial charge < -0.3 is 15.2 Å². The van der Waals surface area contributed by atoms with Gasteiger partial charge in [0.25, 0.3) is 0 Å². The lowest BCUT2D eigenvalue weighted by Crippen LogP contribution is -2.13. The molecule has 0 atom stereocenters. The third-order valence-electron chi connectivity index (χ3n) is 2.45. The van der Waals surface area contributed by atoms with Crippen molar-refractivity contribution >= 4 is 11.6 Å². The topological polar surface area (TPSA) is 89.0 Å². The SMILES string of the molecule is CCc1c(NN)ncnc1NCc1ccco1. The van der Waals surface area contributed by atoms with E-state index < -0.39 is 0 Å². The summed E-state index contributed by atoms with van der Waals surface area (Å²) < 4.78 is 5.24. The molecule has 0 aliphatic rings. The Morgan fingerprint density at radius 3 is 2.82 bits per heavy atom. The highest BCUT2D eigenvalue weighted by atomic mass is 16.3. The summed E-state index contributed by atoms with van der Waals surface area (Å²) in [4.78, 5) is 8.26. The zero-order valence-electron chi connectivity index (χ0n) is 9.60. The molecule has 6 heteroatoms. The molecule has 2 rings (SSSR count). The second kappa shape index (κ2) is 5.31. The smallest absolute Gasteiger partial charge is 0.148 e. The van der Waals surface area contributed by atoms with Crippen LogP contribution in [-0.4, -0.2) is 9.97 Å². The predicted octanol–water partition coefficient (Wildman–Crippen LogP) is 1.53. The fourth-order valence-corrected chi connectivity index (χ4v) is 1.61. The molecule has 0 spiro atoms. The van der Waals surface area contributed by atoms with E-state index >= 15 is 0 Å². The van der Waals surface area contributed by atoms with E-state index in [-0.39, 0.29) is 0 Å². The maximum Gasteiger partial charge on any atom is 0.148 e. The van der Waals surface area contributed by atoms with E-state index in [1.165, 1.54) is 6.33 Å². The van der Waals surface area contributed by atoms with Gasteiger partial charge in [-0.2, -0.15) is 0 Å². The first kappa shape index (κ1) is 11.4. The van der Waals surface area contributed by atoms with Crippen LogP contribution in [-0.2, 0) is 13.0 Å². The number of hydrogen-bond donors (Lipinski definition) is 3. The summed E-state index contributed by atoms with van der Waals surface area (Å²) >= 11 is 0. The fourth-order valence-electron chi connectivity index (χ4n) is 1.61. The summed E-state index contributed by atoms with van der Waals surface area (Å²) in [7, 11) is 0. The monoisotopic (exact) mass is 233 g/mol. The van der Waals surface area contributed by atoms with Crippen LogP contribution in [0.1, 0.15) is 18.2 Å². The van der Waals surface area contributed by atoms with Gasteiger partial charge in [-0.25, -0.2) is 15.8 Å². The van der Waals surface area contributed by atoms with Crippen LogP contribution in [0.3, 0.4) is 0 Å². The van der Waals surface area contributed by atoms with Crippen molar-refractivity contribution in [3.05, 3.63) is 36.0 Å².